The second-order valence-corrected chi connectivity index (χ2v) is 6.50. The van der Waals surface area contributed by atoms with Crippen LogP contribution in [0.1, 0.15) is 5.56 Å². The predicted molar refractivity (Wildman–Crippen MR) is 106 cm³/mol. The van der Waals surface area contributed by atoms with Crippen molar-refractivity contribution in [2.45, 2.75) is 6.54 Å². The van der Waals surface area contributed by atoms with Gasteiger partial charge < -0.3 is 19.4 Å². The van der Waals surface area contributed by atoms with E-state index < -0.39 is 0 Å². The Morgan fingerprint density at radius 2 is 1.85 bits per heavy atom. The fourth-order valence-electron chi connectivity index (χ4n) is 2.69. The summed E-state index contributed by atoms with van der Waals surface area (Å²) in [5.41, 5.74) is 2.86. The molecule has 0 aliphatic carbocycles. The lowest BCUT2D eigenvalue weighted by Gasteiger charge is -2.12. The number of imidazole rings is 1. The molecule has 0 unspecified atom stereocenters. The van der Waals surface area contributed by atoms with Crippen LogP contribution in [0, 0.1) is 0 Å². The number of aromatic nitrogens is 2. The number of ether oxygens (including phenoxy) is 2. The molecule has 0 fully saturated rings. The third kappa shape index (κ3) is 3.74. The highest BCUT2D eigenvalue weighted by Gasteiger charge is 2.11. The molecule has 5 nitrogen and oxygen atoms in total. The normalized spacial score (nSPS) is 10.7. The third-order valence-corrected chi connectivity index (χ3v) is 4.87. The molecule has 0 radical (unpaired) electrons. The summed E-state index contributed by atoms with van der Waals surface area (Å²) in [4.78, 5) is 4.46. The Labute approximate surface area is 162 Å². The highest BCUT2D eigenvalue weighted by atomic mass is 35.5. The summed E-state index contributed by atoms with van der Waals surface area (Å²) in [5, 5.41) is 4.37. The fourth-order valence-corrected chi connectivity index (χ4v) is 2.99. The van der Waals surface area contributed by atoms with Gasteiger partial charge in [-0.3, -0.25) is 0 Å². The van der Waals surface area contributed by atoms with Crippen molar-refractivity contribution in [1.82, 2.24) is 9.55 Å². The molecule has 0 saturated carbocycles. The number of nitrogens with one attached hydrogen (secondary N) is 1. The van der Waals surface area contributed by atoms with Gasteiger partial charge >= 0.3 is 0 Å². The van der Waals surface area contributed by atoms with Crippen LogP contribution in [0.3, 0.4) is 0 Å². The molecule has 0 amide bonds. The average Bonchev–Trinajstić information content (AvgIpc) is 3.02. The van der Waals surface area contributed by atoms with Gasteiger partial charge in [0.2, 0.25) is 5.95 Å². The van der Waals surface area contributed by atoms with Gasteiger partial charge in [-0.05, 0) is 30.3 Å². The van der Waals surface area contributed by atoms with Crippen LogP contribution in [0.2, 0.25) is 10.0 Å². The molecule has 7 heteroatoms. The van der Waals surface area contributed by atoms with Crippen molar-refractivity contribution in [3.8, 4) is 22.8 Å². The number of hydrogen-bond donors (Lipinski definition) is 1. The second-order valence-electron chi connectivity index (χ2n) is 5.69. The summed E-state index contributed by atoms with van der Waals surface area (Å²) in [7, 11) is 5.23. The molecule has 3 rings (SSSR count). The van der Waals surface area contributed by atoms with Crippen molar-refractivity contribution in [3.63, 3.8) is 0 Å². The maximum atomic E-state index is 6.12. The molecule has 1 heterocycles. The van der Waals surface area contributed by atoms with Gasteiger partial charge in [-0.15, -0.1) is 0 Å². The van der Waals surface area contributed by atoms with E-state index in [1.54, 1.807) is 26.5 Å². The highest BCUT2D eigenvalue weighted by Crippen LogP contribution is 2.30. The SMILES string of the molecule is COc1ccc(OC)c(CNc2ncc(-c3ccc(Cl)c(Cl)c3)n2C)c1. The van der Waals surface area contributed by atoms with Gasteiger partial charge in [0.25, 0.3) is 0 Å². The largest absolute Gasteiger partial charge is 0.497 e. The van der Waals surface area contributed by atoms with Gasteiger partial charge in [-0.25, -0.2) is 4.98 Å². The van der Waals surface area contributed by atoms with Crippen molar-refractivity contribution >= 4 is 29.2 Å². The number of benzene rings is 2. The standard InChI is InChI=1S/C19H19Cl2N3O2/c1-24-17(12-4-6-15(20)16(21)9-12)11-23-19(24)22-10-13-8-14(25-2)5-7-18(13)26-3/h4-9,11H,10H2,1-3H3,(H,22,23). The molecule has 0 aliphatic rings. The fraction of sp³-hybridized carbons (Fsp3) is 0.211. The summed E-state index contributed by atoms with van der Waals surface area (Å²) in [5.74, 6) is 2.30. The number of methoxy groups -OCH3 is 2. The first-order chi connectivity index (χ1) is 12.5. The number of halogens is 2. The topological polar surface area (TPSA) is 48.3 Å². The molecule has 0 bridgehead atoms. The third-order valence-electron chi connectivity index (χ3n) is 4.13. The summed E-state index contributed by atoms with van der Waals surface area (Å²) in [6, 6.07) is 11.2. The van der Waals surface area contributed by atoms with Crippen LogP contribution in [0.25, 0.3) is 11.3 Å². The van der Waals surface area contributed by atoms with Crippen LogP contribution in [-0.2, 0) is 13.6 Å². The van der Waals surface area contributed by atoms with Crippen molar-refractivity contribution in [3.05, 3.63) is 58.2 Å². The van der Waals surface area contributed by atoms with Gasteiger partial charge in [0.1, 0.15) is 11.5 Å². The first-order valence-corrected chi connectivity index (χ1v) is 8.71. The Balaban J connectivity index is 1.82. The van der Waals surface area contributed by atoms with Gasteiger partial charge in [0.05, 0.1) is 36.2 Å². The quantitative estimate of drug-likeness (QED) is 0.640. The number of rotatable bonds is 6. The molecule has 136 valence electrons. The Kier molecular flexibility index (Phi) is 5.59. The first-order valence-electron chi connectivity index (χ1n) is 7.95. The van der Waals surface area contributed by atoms with Crippen LogP contribution >= 0.6 is 23.2 Å². The van der Waals surface area contributed by atoms with Crippen molar-refractivity contribution in [2.75, 3.05) is 19.5 Å². The maximum absolute atomic E-state index is 6.12. The van der Waals surface area contributed by atoms with Crippen molar-refractivity contribution in [2.24, 2.45) is 7.05 Å². The predicted octanol–water partition coefficient (Wildman–Crippen LogP) is 5.02. The van der Waals surface area contributed by atoms with E-state index in [2.05, 4.69) is 10.3 Å². The summed E-state index contributed by atoms with van der Waals surface area (Å²) in [6.07, 6.45) is 1.80. The van der Waals surface area contributed by atoms with Crippen LogP contribution < -0.4 is 14.8 Å². The monoisotopic (exact) mass is 391 g/mol. The van der Waals surface area contributed by atoms with Gasteiger partial charge in [-0.2, -0.15) is 0 Å². The smallest absolute Gasteiger partial charge is 0.203 e. The second kappa shape index (κ2) is 7.89. The van der Waals surface area contributed by atoms with E-state index in [-0.39, 0.29) is 0 Å². The number of anilines is 1. The first kappa shape index (κ1) is 18.4. The van der Waals surface area contributed by atoms with Gasteiger partial charge in [-0.1, -0.05) is 29.3 Å². The van der Waals surface area contributed by atoms with E-state index in [4.69, 9.17) is 32.7 Å². The van der Waals surface area contributed by atoms with Gasteiger partial charge in [0.15, 0.2) is 0 Å². The molecule has 0 saturated heterocycles. The minimum Gasteiger partial charge on any atom is -0.497 e. The minimum absolute atomic E-state index is 0.515. The van der Waals surface area contributed by atoms with Crippen molar-refractivity contribution < 1.29 is 9.47 Å². The lowest BCUT2D eigenvalue weighted by atomic mass is 10.2. The summed E-state index contributed by atoms with van der Waals surface area (Å²) >= 11 is 12.1. The van der Waals surface area contributed by atoms with E-state index in [0.29, 0.717) is 16.6 Å². The average molecular weight is 392 g/mol. The summed E-state index contributed by atoms with van der Waals surface area (Å²) < 4.78 is 12.7. The number of hydrogen-bond acceptors (Lipinski definition) is 4. The zero-order chi connectivity index (χ0) is 18.7. The molecule has 0 atom stereocenters. The van der Waals surface area contributed by atoms with Crippen LogP contribution in [0.15, 0.2) is 42.6 Å². The van der Waals surface area contributed by atoms with Crippen LogP contribution in [0.4, 0.5) is 5.95 Å². The van der Waals surface area contributed by atoms with Crippen LogP contribution in [-0.4, -0.2) is 23.8 Å². The van der Waals surface area contributed by atoms with E-state index >= 15 is 0 Å². The Morgan fingerprint density at radius 1 is 1.04 bits per heavy atom. The molecular formula is C19H19Cl2N3O2. The molecule has 3 aromatic rings. The van der Waals surface area contributed by atoms with E-state index in [0.717, 1.165) is 34.3 Å². The molecule has 1 aromatic heterocycles. The van der Waals surface area contributed by atoms with E-state index in [1.165, 1.54) is 0 Å². The molecule has 26 heavy (non-hydrogen) atoms. The highest BCUT2D eigenvalue weighted by molar-refractivity contribution is 6.42. The van der Waals surface area contributed by atoms with E-state index in [9.17, 15) is 0 Å². The minimum atomic E-state index is 0.515. The van der Waals surface area contributed by atoms with Crippen molar-refractivity contribution in [1.29, 1.82) is 0 Å². The summed E-state index contributed by atoms with van der Waals surface area (Å²) in [6.45, 7) is 0.548. The Morgan fingerprint density at radius 3 is 2.54 bits per heavy atom. The Bertz CT molecular complexity index is 925. The zero-order valence-electron chi connectivity index (χ0n) is 14.7. The van der Waals surface area contributed by atoms with Gasteiger partial charge in [0, 0.05) is 24.7 Å². The van der Waals surface area contributed by atoms with E-state index in [1.807, 2.05) is 41.9 Å². The number of nitrogens with zero attached hydrogens (tertiary/aromatic N) is 2. The lowest BCUT2D eigenvalue weighted by molar-refractivity contribution is 0.399. The molecule has 0 spiro atoms. The molecule has 1 N–H and O–H groups in total. The lowest BCUT2D eigenvalue weighted by Crippen LogP contribution is -2.07. The maximum Gasteiger partial charge on any atom is 0.203 e. The van der Waals surface area contributed by atoms with Crippen LogP contribution in [0.5, 0.6) is 11.5 Å². The zero-order valence-corrected chi connectivity index (χ0v) is 16.2. The molecule has 2 aromatic carbocycles. The molecule has 0 aliphatic heterocycles. The molecular weight excluding hydrogens is 373 g/mol. The Hall–Kier alpha value is -2.37.